The van der Waals surface area contributed by atoms with Crippen molar-refractivity contribution in [2.45, 2.75) is 40.5 Å². The average Bonchev–Trinajstić information content (AvgIpc) is 2.86. The minimum atomic E-state index is -0.176. The number of nitrogens with zero attached hydrogens (tertiary/aromatic N) is 1. The fraction of sp³-hybridized carbons (Fsp3) is 0.917. The molecule has 14 heavy (non-hydrogen) atoms. The average molecular weight is 197 g/mol. The Labute approximate surface area is 87.7 Å². The SMILES string of the molecule is CCN(CC1CC1)CC(C)(C)C(C)=O. The van der Waals surface area contributed by atoms with Crippen molar-refractivity contribution in [1.82, 2.24) is 4.90 Å². The first-order chi connectivity index (χ1) is 6.45. The van der Waals surface area contributed by atoms with Crippen LogP contribution in [0.4, 0.5) is 0 Å². The molecule has 1 rings (SSSR count). The quantitative estimate of drug-likeness (QED) is 0.651. The molecule has 0 unspecified atom stereocenters. The van der Waals surface area contributed by atoms with Gasteiger partial charge in [0, 0.05) is 18.5 Å². The van der Waals surface area contributed by atoms with Crippen LogP contribution in [0, 0.1) is 11.3 Å². The van der Waals surface area contributed by atoms with E-state index in [0.717, 1.165) is 19.0 Å². The molecule has 0 radical (unpaired) electrons. The highest BCUT2D eigenvalue weighted by atomic mass is 16.1. The van der Waals surface area contributed by atoms with Crippen molar-refractivity contribution < 1.29 is 4.79 Å². The van der Waals surface area contributed by atoms with E-state index < -0.39 is 0 Å². The van der Waals surface area contributed by atoms with E-state index in [0.29, 0.717) is 5.78 Å². The van der Waals surface area contributed by atoms with Gasteiger partial charge in [-0.2, -0.15) is 0 Å². The molecule has 0 aliphatic heterocycles. The third-order valence-corrected chi connectivity index (χ3v) is 3.23. The number of carbonyl (C=O) groups is 1. The summed E-state index contributed by atoms with van der Waals surface area (Å²) < 4.78 is 0. The molecular formula is C12H23NO. The van der Waals surface area contributed by atoms with Crippen molar-refractivity contribution >= 4 is 5.78 Å². The second kappa shape index (κ2) is 4.43. The molecule has 1 aliphatic carbocycles. The molecule has 0 aromatic carbocycles. The zero-order chi connectivity index (χ0) is 10.8. The van der Waals surface area contributed by atoms with E-state index >= 15 is 0 Å². The molecular weight excluding hydrogens is 174 g/mol. The van der Waals surface area contributed by atoms with Gasteiger partial charge in [-0.3, -0.25) is 4.79 Å². The van der Waals surface area contributed by atoms with Crippen LogP contribution in [0.2, 0.25) is 0 Å². The molecule has 0 amide bonds. The normalized spacial score (nSPS) is 17.5. The summed E-state index contributed by atoms with van der Waals surface area (Å²) in [6.45, 7) is 11.1. The summed E-state index contributed by atoms with van der Waals surface area (Å²) >= 11 is 0. The lowest BCUT2D eigenvalue weighted by atomic mass is 9.88. The maximum absolute atomic E-state index is 11.4. The van der Waals surface area contributed by atoms with Gasteiger partial charge >= 0.3 is 0 Å². The van der Waals surface area contributed by atoms with Crippen molar-refractivity contribution in [2.24, 2.45) is 11.3 Å². The number of ketones is 1. The van der Waals surface area contributed by atoms with E-state index in [1.54, 1.807) is 6.92 Å². The van der Waals surface area contributed by atoms with Gasteiger partial charge in [-0.25, -0.2) is 0 Å². The van der Waals surface area contributed by atoms with Crippen LogP contribution < -0.4 is 0 Å². The van der Waals surface area contributed by atoms with Gasteiger partial charge in [0.05, 0.1) is 0 Å². The first-order valence-electron chi connectivity index (χ1n) is 5.69. The summed E-state index contributed by atoms with van der Waals surface area (Å²) in [6.07, 6.45) is 2.77. The highest BCUT2D eigenvalue weighted by Gasteiger charge is 2.29. The molecule has 0 aromatic rings. The van der Waals surface area contributed by atoms with E-state index in [2.05, 4.69) is 11.8 Å². The molecule has 0 aromatic heterocycles. The minimum Gasteiger partial charge on any atom is -0.302 e. The largest absolute Gasteiger partial charge is 0.302 e. The summed E-state index contributed by atoms with van der Waals surface area (Å²) in [5.74, 6) is 1.21. The smallest absolute Gasteiger partial charge is 0.136 e. The molecule has 2 heteroatoms. The summed E-state index contributed by atoms with van der Waals surface area (Å²) in [5.41, 5.74) is -0.176. The van der Waals surface area contributed by atoms with Gasteiger partial charge in [0.15, 0.2) is 0 Å². The maximum Gasteiger partial charge on any atom is 0.136 e. The highest BCUT2D eigenvalue weighted by Crippen LogP contribution is 2.30. The predicted molar refractivity (Wildman–Crippen MR) is 59.3 cm³/mol. The van der Waals surface area contributed by atoms with Crippen LogP contribution in [0.5, 0.6) is 0 Å². The molecule has 82 valence electrons. The number of carbonyl (C=O) groups excluding carboxylic acids is 1. The number of Topliss-reactive ketones (excluding diaryl/α,β-unsaturated/α-hetero) is 1. The van der Waals surface area contributed by atoms with Crippen molar-refractivity contribution in [1.29, 1.82) is 0 Å². The summed E-state index contributed by atoms with van der Waals surface area (Å²) in [4.78, 5) is 13.8. The van der Waals surface area contributed by atoms with Gasteiger partial charge in [0.1, 0.15) is 5.78 Å². The van der Waals surface area contributed by atoms with Crippen molar-refractivity contribution in [3.05, 3.63) is 0 Å². The van der Waals surface area contributed by atoms with Crippen LogP contribution in [0.3, 0.4) is 0 Å². The number of hydrogen-bond acceptors (Lipinski definition) is 2. The Morgan fingerprint density at radius 2 is 2.00 bits per heavy atom. The topological polar surface area (TPSA) is 20.3 Å². The van der Waals surface area contributed by atoms with Gasteiger partial charge in [-0.1, -0.05) is 20.8 Å². The Hall–Kier alpha value is -0.370. The first kappa shape index (κ1) is 11.7. The Balaban J connectivity index is 2.41. The first-order valence-corrected chi connectivity index (χ1v) is 5.69. The van der Waals surface area contributed by atoms with Crippen molar-refractivity contribution in [3.63, 3.8) is 0 Å². The highest BCUT2D eigenvalue weighted by molar-refractivity contribution is 5.81. The Morgan fingerprint density at radius 3 is 2.36 bits per heavy atom. The molecule has 1 aliphatic rings. The molecule has 0 atom stereocenters. The lowest BCUT2D eigenvalue weighted by molar-refractivity contribution is -0.125. The summed E-state index contributed by atoms with van der Waals surface area (Å²) in [6, 6.07) is 0. The lowest BCUT2D eigenvalue weighted by Gasteiger charge is -2.30. The molecule has 0 spiro atoms. The zero-order valence-corrected chi connectivity index (χ0v) is 9.97. The molecule has 0 bridgehead atoms. The Bertz CT molecular complexity index is 206. The van der Waals surface area contributed by atoms with Crippen LogP contribution in [0.15, 0.2) is 0 Å². The molecule has 0 N–H and O–H groups in total. The third-order valence-electron chi connectivity index (χ3n) is 3.23. The van der Waals surface area contributed by atoms with Crippen LogP contribution in [0.1, 0.15) is 40.5 Å². The molecule has 2 nitrogen and oxygen atoms in total. The van der Waals surface area contributed by atoms with Gasteiger partial charge in [-0.15, -0.1) is 0 Å². The third kappa shape index (κ3) is 3.41. The van der Waals surface area contributed by atoms with Crippen LogP contribution >= 0.6 is 0 Å². The number of rotatable bonds is 6. The molecule has 1 saturated carbocycles. The number of hydrogen-bond donors (Lipinski definition) is 0. The molecule has 1 fully saturated rings. The van der Waals surface area contributed by atoms with Gasteiger partial charge in [-0.05, 0) is 32.2 Å². The van der Waals surface area contributed by atoms with Crippen LogP contribution in [-0.4, -0.2) is 30.3 Å². The fourth-order valence-electron chi connectivity index (χ4n) is 1.64. The zero-order valence-electron chi connectivity index (χ0n) is 9.97. The van der Waals surface area contributed by atoms with Crippen molar-refractivity contribution in [3.8, 4) is 0 Å². The van der Waals surface area contributed by atoms with E-state index in [9.17, 15) is 4.79 Å². The Morgan fingerprint density at radius 1 is 1.43 bits per heavy atom. The van der Waals surface area contributed by atoms with Gasteiger partial charge in [0.25, 0.3) is 0 Å². The second-order valence-corrected chi connectivity index (χ2v) is 5.21. The lowest BCUT2D eigenvalue weighted by Crippen LogP contribution is -2.39. The predicted octanol–water partition coefficient (Wildman–Crippen LogP) is 2.33. The molecule has 0 heterocycles. The molecule has 0 saturated heterocycles. The summed E-state index contributed by atoms with van der Waals surface area (Å²) in [5, 5.41) is 0. The van der Waals surface area contributed by atoms with E-state index in [1.807, 2.05) is 13.8 Å². The second-order valence-electron chi connectivity index (χ2n) is 5.21. The summed E-state index contributed by atoms with van der Waals surface area (Å²) in [7, 11) is 0. The van der Waals surface area contributed by atoms with Crippen LogP contribution in [0.25, 0.3) is 0 Å². The maximum atomic E-state index is 11.4. The van der Waals surface area contributed by atoms with Gasteiger partial charge < -0.3 is 4.90 Å². The Kier molecular flexibility index (Phi) is 3.71. The fourth-order valence-corrected chi connectivity index (χ4v) is 1.64. The standard InChI is InChI=1S/C12H23NO/c1-5-13(8-11-6-7-11)9-12(3,4)10(2)14/h11H,5-9H2,1-4H3. The monoisotopic (exact) mass is 197 g/mol. The van der Waals surface area contributed by atoms with Crippen molar-refractivity contribution in [2.75, 3.05) is 19.6 Å². The van der Waals surface area contributed by atoms with E-state index in [-0.39, 0.29) is 5.41 Å². The van der Waals surface area contributed by atoms with Crippen LogP contribution in [-0.2, 0) is 4.79 Å². The van der Waals surface area contributed by atoms with Gasteiger partial charge in [0.2, 0.25) is 0 Å². The van der Waals surface area contributed by atoms with E-state index in [4.69, 9.17) is 0 Å². The van der Waals surface area contributed by atoms with E-state index in [1.165, 1.54) is 19.4 Å². The minimum absolute atomic E-state index is 0.176.